The van der Waals surface area contributed by atoms with Crippen LogP contribution >= 0.6 is 0 Å². The minimum absolute atomic E-state index is 0.0113. The van der Waals surface area contributed by atoms with Gasteiger partial charge in [-0.15, -0.1) is 0 Å². The summed E-state index contributed by atoms with van der Waals surface area (Å²) in [6.45, 7) is 3.06. The van der Waals surface area contributed by atoms with Crippen molar-refractivity contribution in [3.63, 3.8) is 0 Å². The lowest BCUT2D eigenvalue weighted by atomic mass is 10.1. The van der Waals surface area contributed by atoms with E-state index in [0.29, 0.717) is 19.5 Å². The third kappa shape index (κ3) is 2.54. The molecule has 0 aromatic carbocycles. The lowest BCUT2D eigenvalue weighted by Gasteiger charge is -2.13. The molecular formula is C10H18N2O2. The molecule has 0 aromatic heterocycles. The summed E-state index contributed by atoms with van der Waals surface area (Å²) in [5.41, 5.74) is 5.35. The van der Waals surface area contributed by atoms with E-state index in [0.717, 1.165) is 19.3 Å². The number of imide groups is 1. The minimum atomic E-state index is -0.114. The van der Waals surface area contributed by atoms with Gasteiger partial charge in [0.15, 0.2) is 0 Å². The van der Waals surface area contributed by atoms with Gasteiger partial charge >= 0.3 is 0 Å². The molecule has 1 aliphatic heterocycles. The average Bonchev–Trinajstić information content (AvgIpc) is 2.38. The number of amides is 2. The minimum Gasteiger partial charge on any atom is -0.330 e. The van der Waals surface area contributed by atoms with Crippen LogP contribution in [-0.2, 0) is 9.59 Å². The molecule has 0 aromatic rings. The first-order valence-electron chi connectivity index (χ1n) is 5.21. The van der Waals surface area contributed by atoms with E-state index in [4.69, 9.17) is 5.73 Å². The van der Waals surface area contributed by atoms with Gasteiger partial charge in [-0.25, -0.2) is 0 Å². The monoisotopic (exact) mass is 198 g/mol. The fraction of sp³-hybridized carbons (Fsp3) is 0.800. The van der Waals surface area contributed by atoms with Crippen LogP contribution in [0.5, 0.6) is 0 Å². The summed E-state index contributed by atoms with van der Waals surface area (Å²) in [6.07, 6.45) is 3.21. The van der Waals surface area contributed by atoms with E-state index in [2.05, 4.69) is 0 Å². The fourth-order valence-electron chi connectivity index (χ4n) is 1.67. The van der Waals surface area contributed by atoms with Crippen LogP contribution in [0.1, 0.15) is 32.6 Å². The summed E-state index contributed by atoms with van der Waals surface area (Å²) < 4.78 is 0. The third-order valence-electron chi connectivity index (χ3n) is 2.56. The van der Waals surface area contributed by atoms with Crippen molar-refractivity contribution >= 4 is 11.8 Å². The number of unbranched alkanes of at least 4 members (excludes halogenated alkanes) is 2. The molecule has 0 aliphatic carbocycles. The second kappa shape index (κ2) is 5.10. The summed E-state index contributed by atoms with van der Waals surface area (Å²) in [7, 11) is 0. The second-order valence-electron chi connectivity index (χ2n) is 3.84. The van der Waals surface area contributed by atoms with Gasteiger partial charge in [0.2, 0.25) is 11.8 Å². The van der Waals surface area contributed by atoms with Gasteiger partial charge in [0.05, 0.1) is 0 Å². The Kier molecular flexibility index (Phi) is 4.07. The maximum absolute atomic E-state index is 11.5. The van der Waals surface area contributed by atoms with Crippen LogP contribution in [0, 0.1) is 5.92 Å². The number of carbonyl (C=O) groups is 2. The van der Waals surface area contributed by atoms with E-state index in [1.54, 1.807) is 6.92 Å². The van der Waals surface area contributed by atoms with Crippen molar-refractivity contribution < 1.29 is 9.59 Å². The molecule has 2 amide bonds. The quantitative estimate of drug-likeness (QED) is 0.517. The molecule has 0 saturated carbocycles. The van der Waals surface area contributed by atoms with Crippen molar-refractivity contribution in [3.05, 3.63) is 0 Å². The molecule has 1 atom stereocenters. The molecule has 0 radical (unpaired) electrons. The smallest absolute Gasteiger partial charge is 0.232 e. The van der Waals surface area contributed by atoms with Gasteiger partial charge in [-0.2, -0.15) is 0 Å². The van der Waals surface area contributed by atoms with Gasteiger partial charge in [0.1, 0.15) is 0 Å². The van der Waals surface area contributed by atoms with Crippen molar-refractivity contribution in [2.45, 2.75) is 32.6 Å². The summed E-state index contributed by atoms with van der Waals surface area (Å²) in [5, 5.41) is 0. The first-order valence-corrected chi connectivity index (χ1v) is 5.21. The van der Waals surface area contributed by atoms with Crippen LogP contribution in [0.4, 0.5) is 0 Å². The SMILES string of the molecule is CC1CC(=O)N(CCCCCN)C1=O. The van der Waals surface area contributed by atoms with Crippen molar-refractivity contribution in [1.29, 1.82) is 0 Å². The highest BCUT2D eigenvalue weighted by atomic mass is 16.2. The zero-order valence-electron chi connectivity index (χ0n) is 8.66. The first kappa shape index (κ1) is 11.2. The molecule has 1 unspecified atom stereocenters. The lowest BCUT2D eigenvalue weighted by Crippen LogP contribution is -2.31. The number of likely N-dealkylation sites (tertiary alicyclic amines) is 1. The second-order valence-corrected chi connectivity index (χ2v) is 3.84. The Morgan fingerprint density at radius 2 is 2.07 bits per heavy atom. The summed E-state index contributed by atoms with van der Waals surface area (Å²) >= 11 is 0. The number of nitrogens with zero attached hydrogens (tertiary/aromatic N) is 1. The molecule has 4 heteroatoms. The Hall–Kier alpha value is -0.900. The van der Waals surface area contributed by atoms with Crippen LogP contribution in [0.3, 0.4) is 0 Å². The molecular weight excluding hydrogens is 180 g/mol. The van der Waals surface area contributed by atoms with Gasteiger partial charge < -0.3 is 5.73 Å². The number of hydrogen-bond acceptors (Lipinski definition) is 3. The largest absolute Gasteiger partial charge is 0.330 e. The van der Waals surface area contributed by atoms with Crippen molar-refractivity contribution in [3.8, 4) is 0 Å². The van der Waals surface area contributed by atoms with Gasteiger partial charge in [-0.05, 0) is 19.4 Å². The number of carbonyl (C=O) groups excluding carboxylic acids is 2. The molecule has 2 N–H and O–H groups in total. The Morgan fingerprint density at radius 3 is 2.57 bits per heavy atom. The highest BCUT2D eigenvalue weighted by Crippen LogP contribution is 2.19. The number of rotatable bonds is 5. The van der Waals surface area contributed by atoms with Crippen LogP contribution in [0.15, 0.2) is 0 Å². The van der Waals surface area contributed by atoms with Crippen LogP contribution in [-0.4, -0.2) is 29.8 Å². The molecule has 1 rings (SSSR count). The van der Waals surface area contributed by atoms with Gasteiger partial charge in [0, 0.05) is 18.9 Å². The fourth-order valence-corrected chi connectivity index (χ4v) is 1.67. The predicted molar refractivity (Wildman–Crippen MR) is 53.4 cm³/mol. The molecule has 0 spiro atoms. The Bertz CT molecular complexity index is 228. The van der Waals surface area contributed by atoms with Crippen LogP contribution in [0.2, 0.25) is 0 Å². The van der Waals surface area contributed by atoms with Crippen LogP contribution in [0.25, 0.3) is 0 Å². The highest BCUT2D eigenvalue weighted by Gasteiger charge is 2.34. The first-order chi connectivity index (χ1) is 6.66. The normalized spacial score (nSPS) is 22.1. The Balaban J connectivity index is 2.30. The van der Waals surface area contributed by atoms with E-state index in [9.17, 15) is 9.59 Å². The molecule has 14 heavy (non-hydrogen) atoms. The van der Waals surface area contributed by atoms with E-state index < -0.39 is 0 Å². The van der Waals surface area contributed by atoms with Crippen molar-refractivity contribution in [2.24, 2.45) is 11.7 Å². The number of hydrogen-bond donors (Lipinski definition) is 1. The molecule has 1 heterocycles. The predicted octanol–water partition coefficient (Wildman–Crippen LogP) is 0.510. The molecule has 1 aliphatic rings. The Labute approximate surface area is 84.4 Å². The standard InChI is InChI=1S/C10H18N2O2/c1-8-7-9(13)12(10(8)14)6-4-2-3-5-11/h8H,2-7,11H2,1H3. The van der Waals surface area contributed by atoms with Gasteiger partial charge in [-0.1, -0.05) is 13.3 Å². The third-order valence-corrected chi connectivity index (χ3v) is 2.56. The number of nitrogens with two attached hydrogens (primary N) is 1. The van der Waals surface area contributed by atoms with Crippen molar-refractivity contribution in [1.82, 2.24) is 4.90 Å². The average molecular weight is 198 g/mol. The lowest BCUT2D eigenvalue weighted by molar-refractivity contribution is -0.139. The topological polar surface area (TPSA) is 63.4 Å². The van der Waals surface area contributed by atoms with Gasteiger partial charge in [0.25, 0.3) is 0 Å². The maximum Gasteiger partial charge on any atom is 0.232 e. The molecule has 4 nitrogen and oxygen atoms in total. The highest BCUT2D eigenvalue weighted by molar-refractivity contribution is 6.03. The zero-order chi connectivity index (χ0) is 10.6. The maximum atomic E-state index is 11.5. The Morgan fingerprint density at radius 1 is 1.36 bits per heavy atom. The molecule has 0 bridgehead atoms. The molecule has 1 saturated heterocycles. The van der Waals surface area contributed by atoms with E-state index in [1.165, 1.54) is 4.90 Å². The summed E-state index contributed by atoms with van der Waals surface area (Å²) in [5.74, 6) is -0.144. The van der Waals surface area contributed by atoms with E-state index >= 15 is 0 Å². The van der Waals surface area contributed by atoms with Gasteiger partial charge in [-0.3, -0.25) is 14.5 Å². The summed E-state index contributed by atoms with van der Waals surface area (Å²) in [6, 6.07) is 0. The molecule has 80 valence electrons. The molecule has 1 fully saturated rings. The van der Waals surface area contributed by atoms with Crippen LogP contribution < -0.4 is 5.73 Å². The van der Waals surface area contributed by atoms with E-state index in [-0.39, 0.29) is 17.7 Å². The van der Waals surface area contributed by atoms with Crippen molar-refractivity contribution in [2.75, 3.05) is 13.1 Å². The zero-order valence-corrected chi connectivity index (χ0v) is 8.66. The summed E-state index contributed by atoms with van der Waals surface area (Å²) in [4.78, 5) is 24.2. The van der Waals surface area contributed by atoms with E-state index in [1.807, 2.05) is 0 Å².